The summed E-state index contributed by atoms with van der Waals surface area (Å²) in [7, 11) is 0. The van der Waals surface area contributed by atoms with Crippen molar-refractivity contribution in [2.45, 2.75) is 11.8 Å². The maximum Gasteiger partial charge on any atom is 0.136 e. The Morgan fingerprint density at radius 2 is 0.818 bits per heavy atom. The molecule has 10 aromatic rings. The molecule has 0 saturated heterocycles. The van der Waals surface area contributed by atoms with Gasteiger partial charge >= 0.3 is 0 Å². The molecule has 0 bridgehead atoms. The summed E-state index contributed by atoms with van der Waals surface area (Å²) in [6.45, 7) is 0. The highest BCUT2D eigenvalue weighted by atomic mass is 16.3. The molecule has 0 amide bonds. The molecule has 12 rings (SSSR count). The van der Waals surface area contributed by atoms with E-state index in [2.05, 4.69) is 182 Å². The molecule has 0 fully saturated rings. The minimum absolute atomic E-state index is 0.153. The summed E-state index contributed by atoms with van der Waals surface area (Å²) in [6, 6.07) is 71.7. The molecule has 2 aliphatic rings. The second-order valence-electron chi connectivity index (χ2n) is 15.1. The van der Waals surface area contributed by atoms with Crippen LogP contribution in [0.15, 0.2) is 199 Å². The van der Waals surface area contributed by atoms with Gasteiger partial charge in [-0.3, -0.25) is 0 Å². The van der Waals surface area contributed by atoms with Crippen LogP contribution in [0.4, 0.5) is 0 Å². The largest absolute Gasteiger partial charge is 0.456 e. The average molecular weight is 699 g/mol. The molecule has 9 aromatic carbocycles. The number of benzene rings is 9. The number of hydrogen-bond donors (Lipinski definition) is 0. The van der Waals surface area contributed by atoms with Crippen molar-refractivity contribution in [2.24, 2.45) is 0 Å². The third kappa shape index (κ3) is 4.60. The predicted molar refractivity (Wildman–Crippen MR) is 228 cm³/mol. The van der Waals surface area contributed by atoms with E-state index >= 15 is 0 Å². The first-order valence-corrected chi connectivity index (χ1v) is 19.2. The monoisotopic (exact) mass is 698 g/mol. The van der Waals surface area contributed by atoms with E-state index in [1.165, 1.54) is 83.1 Å². The van der Waals surface area contributed by atoms with Gasteiger partial charge in [-0.1, -0.05) is 158 Å². The summed E-state index contributed by atoms with van der Waals surface area (Å²) in [4.78, 5) is 0. The molecule has 0 saturated carbocycles. The van der Waals surface area contributed by atoms with Crippen molar-refractivity contribution in [3.8, 4) is 44.5 Å². The van der Waals surface area contributed by atoms with Crippen molar-refractivity contribution in [3.63, 3.8) is 0 Å². The normalized spacial score (nSPS) is 15.3. The summed E-state index contributed by atoms with van der Waals surface area (Å²) >= 11 is 0. The number of fused-ring (bicyclic) bond motifs is 10. The third-order valence-corrected chi connectivity index (χ3v) is 12.3. The number of furan rings is 1. The Kier molecular flexibility index (Phi) is 6.53. The Bertz CT molecular complexity index is 3160. The molecule has 1 aromatic heterocycles. The number of rotatable bonds is 4. The SMILES string of the molecule is c1ccc(C2c3ccccc3-c3cc(-c4ccc5c(c4)-c4ccccc4C5c4cccc5cc(-c6ccc7c(c6)oc6ccccc67)ccc45)ccc32)cc1. The van der Waals surface area contributed by atoms with Crippen LogP contribution in [-0.2, 0) is 0 Å². The van der Waals surface area contributed by atoms with Crippen LogP contribution < -0.4 is 0 Å². The van der Waals surface area contributed by atoms with Crippen LogP contribution in [0.1, 0.15) is 45.2 Å². The molecule has 55 heavy (non-hydrogen) atoms. The van der Waals surface area contributed by atoms with Gasteiger partial charge in [0.25, 0.3) is 0 Å². The Morgan fingerprint density at radius 3 is 1.58 bits per heavy atom. The lowest BCUT2D eigenvalue weighted by Crippen LogP contribution is -2.00. The van der Waals surface area contributed by atoms with Gasteiger partial charge < -0.3 is 4.42 Å². The summed E-state index contributed by atoms with van der Waals surface area (Å²) in [6.07, 6.45) is 0. The second-order valence-corrected chi connectivity index (χ2v) is 15.1. The number of hydrogen-bond acceptors (Lipinski definition) is 1. The third-order valence-electron chi connectivity index (χ3n) is 12.3. The van der Waals surface area contributed by atoms with Gasteiger partial charge in [0.2, 0.25) is 0 Å². The van der Waals surface area contributed by atoms with Gasteiger partial charge in [-0.15, -0.1) is 0 Å². The van der Waals surface area contributed by atoms with Crippen molar-refractivity contribution in [1.82, 2.24) is 0 Å². The molecule has 1 nitrogen and oxygen atoms in total. The Labute approximate surface area is 319 Å². The second kappa shape index (κ2) is 11.8. The minimum Gasteiger partial charge on any atom is -0.456 e. The topological polar surface area (TPSA) is 13.1 Å². The molecule has 0 radical (unpaired) electrons. The summed E-state index contributed by atoms with van der Waals surface area (Å²) in [5.74, 6) is 0.409. The quantitative estimate of drug-likeness (QED) is 0.178. The predicted octanol–water partition coefficient (Wildman–Crippen LogP) is 14.4. The maximum absolute atomic E-state index is 6.25. The van der Waals surface area contributed by atoms with Crippen LogP contribution in [0.3, 0.4) is 0 Å². The highest BCUT2D eigenvalue weighted by molar-refractivity contribution is 6.06. The van der Waals surface area contributed by atoms with Crippen LogP contribution in [0.25, 0.3) is 77.2 Å². The van der Waals surface area contributed by atoms with E-state index in [9.17, 15) is 0 Å². The van der Waals surface area contributed by atoms with Gasteiger partial charge in [-0.25, -0.2) is 0 Å². The Morgan fingerprint density at radius 1 is 0.291 bits per heavy atom. The van der Waals surface area contributed by atoms with Crippen molar-refractivity contribution in [3.05, 3.63) is 228 Å². The van der Waals surface area contributed by atoms with E-state index in [0.29, 0.717) is 0 Å². The minimum atomic E-state index is 0.153. The first-order chi connectivity index (χ1) is 27.3. The molecule has 0 spiro atoms. The molecule has 256 valence electrons. The van der Waals surface area contributed by atoms with Gasteiger partial charge in [-0.2, -0.15) is 0 Å². The maximum atomic E-state index is 6.25. The zero-order valence-corrected chi connectivity index (χ0v) is 30.0. The number of para-hydroxylation sites is 1. The zero-order valence-electron chi connectivity index (χ0n) is 30.0. The highest BCUT2D eigenvalue weighted by Crippen LogP contribution is 2.52. The van der Waals surface area contributed by atoms with E-state index in [4.69, 9.17) is 4.42 Å². The van der Waals surface area contributed by atoms with Crippen molar-refractivity contribution in [1.29, 1.82) is 0 Å². The van der Waals surface area contributed by atoms with Crippen LogP contribution in [0, 0.1) is 0 Å². The lowest BCUT2D eigenvalue weighted by Gasteiger charge is -2.18. The molecule has 1 heterocycles. The smallest absolute Gasteiger partial charge is 0.136 e. The van der Waals surface area contributed by atoms with Crippen LogP contribution in [-0.4, -0.2) is 0 Å². The van der Waals surface area contributed by atoms with Crippen LogP contribution in [0.2, 0.25) is 0 Å². The van der Waals surface area contributed by atoms with Crippen LogP contribution >= 0.6 is 0 Å². The molecule has 0 aliphatic heterocycles. The van der Waals surface area contributed by atoms with E-state index < -0.39 is 0 Å². The van der Waals surface area contributed by atoms with Gasteiger partial charge in [0.05, 0.1) is 0 Å². The van der Waals surface area contributed by atoms with Crippen molar-refractivity contribution in [2.75, 3.05) is 0 Å². The summed E-state index contributed by atoms with van der Waals surface area (Å²) in [5.41, 5.74) is 20.2. The van der Waals surface area contributed by atoms with Gasteiger partial charge in [0.15, 0.2) is 0 Å². The fourth-order valence-corrected chi connectivity index (χ4v) is 9.75. The standard InChI is InChI=1S/C54H34O/c1-2-11-33(12-3-1)53-45-17-6-4-14-40(45)49-30-35(23-27-47(49)53)36-24-28-48-50(31-36)41-15-5-7-18-46(41)54(48)44-19-10-13-38-29-34(21-25-39(38)44)37-22-26-43-42-16-8-9-20-51(42)55-52(43)32-37/h1-32,53-54H. The average Bonchev–Trinajstić information content (AvgIpc) is 3.90. The highest BCUT2D eigenvalue weighted by Gasteiger charge is 2.32. The van der Waals surface area contributed by atoms with E-state index in [0.717, 1.165) is 27.5 Å². The molecule has 2 aliphatic carbocycles. The zero-order chi connectivity index (χ0) is 36.0. The first kappa shape index (κ1) is 30.5. The van der Waals surface area contributed by atoms with Gasteiger partial charge in [0.1, 0.15) is 11.2 Å². The molecular weight excluding hydrogens is 665 g/mol. The van der Waals surface area contributed by atoms with E-state index in [-0.39, 0.29) is 11.8 Å². The molecule has 0 N–H and O–H groups in total. The van der Waals surface area contributed by atoms with Crippen molar-refractivity contribution >= 4 is 32.7 Å². The van der Waals surface area contributed by atoms with Crippen LogP contribution in [0.5, 0.6) is 0 Å². The fourth-order valence-electron chi connectivity index (χ4n) is 9.75. The lowest BCUT2D eigenvalue weighted by atomic mass is 9.85. The Balaban J connectivity index is 0.941. The first-order valence-electron chi connectivity index (χ1n) is 19.2. The van der Waals surface area contributed by atoms with Gasteiger partial charge in [0, 0.05) is 22.6 Å². The summed E-state index contributed by atoms with van der Waals surface area (Å²) in [5, 5.41) is 4.85. The molecule has 2 unspecified atom stereocenters. The van der Waals surface area contributed by atoms with Crippen molar-refractivity contribution < 1.29 is 4.42 Å². The molecule has 2 atom stereocenters. The fraction of sp³-hybridized carbons (Fsp3) is 0.0370. The molecule has 1 heteroatoms. The molecular formula is C54H34O. The lowest BCUT2D eigenvalue weighted by molar-refractivity contribution is 0.669. The van der Waals surface area contributed by atoms with Gasteiger partial charge in [-0.05, 0) is 125 Å². The van der Waals surface area contributed by atoms with E-state index in [1.807, 2.05) is 12.1 Å². The Hall–Kier alpha value is -6.96. The summed E-state index contributed by atoms with van der Waals surface area (Å²) < 4.78 is 6.25. The van der Waals surface area contributed by atoms with E-state index in [1.54, 1.807) is 0 Å².